The van der Waals surface area contributed by atoms with Gasteiger partial charge in [-0.3, -0.25) is 9.59 Å². The van der Waals surface area contributed by atoms with E-state index < -0.39 is 12.1 Å². The van der Waals surface area contributed by atoms with E-state index in [0.29, 0.717) is 42.9 Å². The van der Waals surface area contributed by atoms with Crippen molar-refractivity contribution in [3.8, 4) is 5.88 Å². The summed E-state index contributed by atoms with van der Waals surface area (Å²) in [6.07, 6.45) is 3.45. The molecule has 2 aliphatic heterocycles. The zero-order valence-electron chi connectivity index (χ0n) is 24.6. The molecular formula is C34H37N5O4S. The van der Waals surface area contributed by atoms with Crippen LogP contribution in [-0.4, -0.2) is 69.2 Å². The molecule has 0 radical (unpaired) electrons. The zero-order chi connectivity index (χ0) is 30.5. The fraction of sp³-hybridized carbons (Fsp3) is 0.353. The van der Waals surface area contributed by atoms with Crippen molar-refractivity contribution in [1.29, 1.82) is 0 Å². The number of carbonyl (C=O) groups excluding carboxylic acids is 2. The highest BCUT2D eigenvalue weighted by Crippen LogP contribution is 2.35. The molecule has 1 unspecified atom stereocenters. The number of thiazole rings is 1. The van der Waals surface area contributed by atoms with Gasteiger partial charge in [0.15, 0.2) is 0 Å². The summed E-state index contributed by atoms with van der Waals surface area (Å²) < 4.78 is 6.01. The van der Waals surface area contributed by atoms with Crippen LogP contribution in [0.1, 0.15) is 62.3 Å². The van der Waals surface area contributed by atoms with Gasteiger partial charge >= 0.3 is 0 Å². The number of aliphatic hydroxyl groups is 1. The van der Waals surface area contributed by atoms with Crippen molar-refractivity contribution in [2.24, 2.45) is 0 Å². The molecule has 2 aromatic heterocycles. The van der Waals surface area contributed by atoms with Crippen molar-refractivity contribution in [2.75, 3.05) is 13.1 Å². The fourth-order valence-corrected chi connectivity index (χ4v) is 7.02. The van der Waals surface area contributed by atoms with Gasteiger partial charge in [0, 0.05) is 60.0 Å². The molecule has 0 saturated carbocycles. The number of likely N-dealkylation sites (tertiary alicyclic amines) is 1. The normalized spacial score (nSPS) is 21.1. The highest BCUT2D eigenvalue weighted by atomic mass is 32.1. The first-order chi connectivity index (χ1) is 21.4. The van der Waals surface area contributed by atoms with Crippen LogP contribution in [0.25, 0.3) is 0 Å². The summed E-state index contributed by atoms with van der Waals surface area (Å²) in [7, 11) is 0. The molecule has 0 spiro atoms. The lowest BCUT2D eigenvalue weighted by atomic mass is 9.94. The average Bonchev–Trinajstić information content (AvgIpc) is 3.82. The Kier molecular flexibility index (Phi) is 9.30. The second-order valence-electron chi connectivity index (χ2n) is 11.5. The van der Waals surface area contributed by atoms with E-state index in [4.69, 9.17) is 4.74 Å². The number of benzene rings is 2. The first-order valence-electron chi connectivity index (χ1n) is 15.1. The molecule has 2 aromatic carbocycles. The number of hydrogen-bond donors (Lipinski definition) is 3. The van der Waals surface area contributed by atoms with E-state index in [1.165, 1.54) is 0 Å². The molecule has 4 heterocycles. The number of amides is 2. The van der Waals surface area contributed by atoms with Gasteiger partial charge in [-0.15, -0.1) is 11.3 Å². The maximum atomic E-state index is 13.6. The summed E-state index contributed by atoms with van der Waals surface area (Å²) in [6.45, 7) is 3.18. The molecule has 3 N–H and O–H groups in total. The lowest BCUT2D eigenvalue weighted by Crippen LogP contribution is -2.52. The predicted octanol–water partition coefficient (Wildman–Crippen LogP) is 4.34. The van der Waals surface area contributed by atoms with Crippen LogP contribution in [0.3, 0.4) is 0 Å². The summed E-state index contributed by atoms with van der Waals surface area (Å²) in [5.74, 6) is 0.0948. The van der Waals surface area contributed by atoms with E-state index >= 15 is 0 Å². The van der Waals surface area contributed by atoms with Crippen molar-refractivity contribution >= 4 is 23.2 Å². The van der Waals surface area contributed by atoms with Gasteiger partial charge in [0.2, 0.25) is 5.88 Å². The Labute approximate surface area is 261 Å². The van der Waals surface area contributed by atoms with E-state index in [0.717, 1.165) is 29.1 Å². The fourth-order valence-electron chi connectivity index (χ4n) is 6.08. The Morgan fingerprint density at radius 2 is 1.93 bits per heavy atom. The van der Waals surface area contributed by atoms with Gasteiger partial charge in [-0.25, -0.2) is 9.97 Å². The van der Waals surface area contributed by atoms with Gasteiger partial charge < -0.3 is 25.4 Å². The number of nitrogens with one attached hydrogen (secondary N) is 2. The second kappa shape index (κ2) is 13.7. The molecule has 5 atom stereocenters. The van der Waals surface area contributed by atoms with E-state index in [1.54, 1.807) is 41.8 Å². The van der Waals surface area contributed by atoms with Gasteiger partial charge in [0.1, 0.15) is 11.1 Å². The van der Waals surface area contributed by atoms with Crippen LogP contribution in [0.4, 0.5) is 0 Å². The van der Waals surface area contributed by atoms with E-state index in [2.05, 4.69) is 20.6 Å². The third kappa shape index (κ3) is 6.99. The zero-order valence-corrected chi connectivity index (χ0v) is 25.5. The number of carbonyl (C=O) groups is 2. The monoisotopic (exact) mass is 611 g/mol. The Hall–Kier alpha value is -4.12. The second-order valence-corrected chi connectivity index (χ2v) is 12.4. The van der Waals surface area contributed by atoms with E-state index in [-0.39, 0.29) is 30.0 Å². The first kappa shape index (κ1) is 29.9. The number of nitrogens with zero attached hydrogens (tertiary/aromatic N) is 3. The molecule has 10 heteroatoms. The van der Waals surface area contributed by atoms with E-state index in [9.17, 15) is 14.7 Å². The van der Waals surface area contributed by atoms with E-state index in [1.807, 2.05) is 65.7 Å². The number of ether oxygens (including phenoxy) is 1. The summed E-state index contributed by atoms with van der Waals surface area (Å²) in [5.41, 5.74) is 2.79. The lowest BCUT2D eigenvalue weighted by molar-refractivity contribution is 0.0719. The van der Waals surface area contributed by atoms with Gasteiger partial charge in [0.05, 0.1) is 18.2 Å². The number of aryl methyl sites for hydroxylation is 1. The van der Waals surface area contributed by atoms with Crippen LogP contribution in [0.2, 0.25) is 0 Å². The maximum absolute atomic E-state index is 13.6. The molecule has 6 rings (SSSR count). The highest BCUT2D eigenvalue weighted by Gasteiger charge is 2.36. The highest BCUT2D eigenvalue weighted by molar-refractivity contribution is 7.09. The smallest absolute Gasteiger partial charge is 0.254 e. The minimum Gasteiger partial charge on any atom is -0.473 e. The average molecular weight is 612 g/mol. The van der Waals surface area contributed by atoms with Crippen LogP contribution in [0, 0.1) is 6.92 Å². The molecule has 228 valence electrons. The molecule has 2 amide bonds. The Morgan fingerprint density at radius 3 is 2.70 bits per heavy atom. The SMILES string of the molecule is Cc1csc(C2CCCN2C(=O)c2cccc(C(=O)N[C@@H](Cc3ccccc3)[C@H](O)[C@H]3C[C@@H](Oc4ccccn4)CN3)c2)n1. The van der Waals surface area contributed by atoms with Crippen molar-refractivity contribution < 1.29 is 19.4 Å². The minimum atomic E-state index is -0.881. The van der Waals surface area contributed by atoms with Crippen LogP contribution in [0.5, 0.6) is 5.88 Å². The molecule has 2 fully saturated rings. The number of hydrogen-bond acceptors (Lipinski definition) is 8. The quantitative estimate of drug-likeness (QED) is 0.244. The van der Waals surface area contributed by atoms with Crippen molar-refractivity contribution in [1.82, 2.24) is 25.5 Å². The van der Waals surface area contributed by atoms with Crippen molar-refractivity contribution in [3.05, 3.63) is 112 Å². The summed E-state index contributed by atoms with van der Waals surface area (Å²) in [6, 6.07) is 21.2. The summed E-state index contributed by atoms with van der Waals surface area (Å²) in [5, 5.41) is 21.0. The lowest BCUT2D eigenvalue weighted by Gasteiger charge is -2.29. The van der Waals surface area contributed by atoms with Crippen LogP contribution in [0.15, 0.2) is 84.4 Å². The number of aromatic nitrogens is 2. The molecule has 9 nitrogen and oxygen atoms in total. The molecule has 2 saturated heterocycles. The summed E-state index contributed by atoms with van der Waals surface area (Å²) in [4.78, 5) is 38.0. The van der Waals surface area contributed by atoms with Gasteiger partial charge in [-0.2, -0.15) is 0 Å². The Bertz CT molecular complexity index is 1570. The standard InChI is InChI=1S/C34H37N5O4S/c1-22-21-44-33(37-22)29-13-8-16-39(29)34(42)25-12-7-11-24(18-25)32(41)38-28(17-23-9-3-2-4-10-23)31(40)27-19-26(20-36-27)43-30-14-5-6-15-35-30/h2-7,9-12,14-15,18,21,26-29,31,36,40H,8,13,16-17,19-20H2,1H3,(H,38,41)/t26-,27-,28+,29?,31-/m1/s1. The minimum absolute atomic E-state index is 0.0477. The third-order valence-electron chi connectivity index (χ3n) is 8.30. The molecule has 4 aromatic rings. The van der Waals surface area contributed by atoms with Crippen molar-refractivity contribution in [3.63, 3.8) is 0 Å². The molecule has 2 aliphatic rings. The topological polar surface area (TPSA) is 117 Å². The Balaban J connectivity index is 1.16. The van der Waals surface area contributed by atoms with Crippen molar-refractivity contribution in [2.45, 2.75) is 62.9 Å². The molecule has 0 bridgehead atoms. The number of rotatable bonds is 10. The Morgan fingerprint density at radius 1 is 1.11 bits per heavy atom. The maximum Gasteiger partial charge on any atom is 0.254 e. The van der Waals surface area contributed by atoms with Crippen LogP contribution < -0.4 is 15.4 Å². The third-order valence-corrected chi connectivity index (χ3v) is 9.36. The summed E-state index contributed by atoms with van der Waals surface area (Å²) >= 11 is 1.58. The number of aliphatic hydroxyl groups excluding tert-OH is 1. The first-order valence-corrected chi connectivity index (χ1v) is 16.0. The largest absolute Gasteiger partial charge is 0.473 e. The van der Waals surface area contributed by atoms with Crippen LogP contribution in [-0.2, 0) is 6.42 Å². The van der Waals surface area contributed by atoms with Gasteiger partial charge in [-0.1, -0.05) is 42.5 Å². The predicted molar refractivity (Wildman–Crippen MR) is 169 cm³/mol. The molecular weight excluding hydrogens is 574 g/mol. The molecule has 0 aliphatic carbocycles. The number of pyridine rings is 1. The molecule has 44 heavy (non-hydrogen) atoms. The van der Waals surface area contributed by atoms with Gasteiger partial charge in [-0.05, 0) is 56.0 Å². The van der Waals surface area contributed by atoms with Gasteiger partial charge in [0.25, 0.3) is 11.8 Å². The van der Waals surface area contributed by atoms with Crippen LogP contribution >= 0.6 is 11.3 Å².